The fraction of sp³-hybridized carbons (Fsp3) is 0.148. The van der Waals surface area contributed by atoms with Crippen LogP contribution in [0.4, 0.5) is 17.1 Å². The number of ether oxygens (including phenoxy) is 1. The number of aryl methyl sites for hydroxylation is 1. The van der Waals surface area contributed by atoms with Crippen molar-refractivity contribution in [3.63, 3.8) is 0 Å². The SMILES string of the molecule is CCOc1cccc(Cl)c1NC(=O)c1cc2ccccc2c(N=Nc2c(Cl)ccc(CC)c2S(=O)(=O)O)c1[O-].[Na+]. The molecule has 0 aliphatic rings. The first-order valence-electron chi connectivity index (χ1n) is 11.7. The zero-order valence-corrected chi connectivity index (χ0v) is 26.1. The maximum Gasteiger partial charge on any atom is 1.00 e. The van der Waals surface area contributed by atoms with Crippen molar-refractivity contribution in [1.82, 2.24) is 0 Å². The number of amides is 1. The largest absolute Gasteiger partial charge is 1.00 e. The van der Waals surface area contributed by atoms with E-state index in [4.69, 9.17) is 27.9 Å². The molecular weight excluding hydrogens is 588 g/mol. The van der Waals surface area contributed by atoms with Gasteiger partial charge >= 0.3 is 29.6 Å². The molecule has 0 aliphatic carbocycles. The topological polar surface area (TPSA) is 140 Å². The van der Waals surface area contributed by atoms with Crippen molar-refractivity contribution in [2.75, 3.05) is 11.9 Å². The van der Waals surface area contributed by atoms with Crippen LogP contribution in [0, 0.1) is 0 Å². The fourth-order valence-electron chi connectivity index (χ4n) is 4.01. The number of benzene rings is 4. The third kappa shape index (κ3) is 6.60. The van der Waals surface area contributed by atoms with Crippen LogP contribution in [-0.2, 0) is 16.5 Å². The number of nitrogens with zero attached hydrogens (tertiary/aromatic N) is 2. The molecule has 202 valence electrons. The molecule has 0 fully saturated rings. The second-order valence-corrected chi connectivity index (χ2v) is 10.4. The number of nitrogens with one attached hydrogen (secondary N) is 1. The van der Waals surface area contributed by atoms with Gasteiger partial charge < -0.3 is 15.2 Å². The van der Waals surface area contributed by atoms with Crippen molar-refractivity contribution in [1.29, 1.82) is 0 Å². The van der Waals surface area contributed by atoms with Crippen molar-refractivity contribution in [3.8, 4) is 11.5 Å². The Morgan fingerprint density at radius 2 is 1.70 bits per heavy atom. The van der Waals surface area contributed by atoms with Gasteiger partial charge in [-0.3, -0.25) is 9.35 Å². The Morgan fingerprint density at radius 3 is 2.38 bits per heavy atom. The zero-order chi connectivity index (χ0) is 28.3. The molecule has 1 amide bonds. The average Bonchev–Trinajstić information content (AvgIpc) is 2.89. The normalized spacial score (nSPS) is 11.4. The number of hydrogen-bond acceptors (Lipinski definition) is 7. The molecule has 0 saturated heterocycles. The standard InChI is InChI=1S/C27H23Cl2N3O6S.Na/c1-3-15-12-13-20(29)24(26(15)39(35,36)37)32-31-22-17-9-6-5-8-16(17)14-18(25(22)33)27(34)30-23-19(28)10-7-11-21(23)38-4-2;/h5-14,33H,3-4H2,1-2H3,(H,30,34)(H,35,36,37);/q;+1/p-1. The minimum absolute atomic E-state index is 0. The second-order valence-electron chi connectivity index (χ2n) is 8.24. The van der Waals surface area contributed by atoms with E-state index in [2.05, 4.69) is 15.5 Å². The molecule has 0 aromatic heterocycles. The Labute approximate surface area is 263 Å². The molecule has 2 N–H and O–H groups in total. The molecule has 0 heterocycles. The number of fused-ring (bicyclic) bond motifs is 1. The van der Waals surface area contributed by atoms with Gasteiger partial charge in [0, 0.05) is 10.9 Å². The Kier molecular flexibility index (Phi) is 10.6. The van der Waals surface area contributed by atoms with Gasteiger partial charge in [-0.1, -0.05) is 72.3 Å². The summed E-state index contributed by atoms with van der Waals surface area (Å²) in [5.74, 6) is -1.20. The van der Waals surface area contributed by atoms with Gasteiger partial charge in [0.15, 0.2) is 0 Å². The van der Waals surface area contributed by atoms with Gasteiger partial charge in [0.05, 0.1) is 22.3 Å². The van der Waals surface area contributed by atoms with E-state index >= 15 is 0 Å². The monoisotopic (exact) mass is 609 g/mol. The van der Waals surface area contributed by atoms with Gasteiger partial charge in [0.2, 0.25) is 0 Å². The summed E-state index contributed by atoms with van der Waals surface area (Å²) in [5, 5.41) is 25.2. The van der Waals surface area contributed by atoms with E-state index in [1.165, 1.54) is 18.2 Å². The van der Waals surface area contributed by atoms with E-state index in [-0.39, 0.29) is 74.2 Å². The minimum Gasteiger partial charge on any atom is -0.870 e. The van der Waals surface area contributed by atoms with E-state index in [9.17, 15) is 22.9 Å². The predicted octanol–water partition coefficient (Wildman–Crippen LogP) is 4.10. The van der Waals surface area contributed by atoms with E-state index in [0.29, 0.717) is 23.1 Å². The van der Waals surface area contributed by atoms with Gasteiger partial charge in [-0.15, -0.1) is 5.11 Å². The number of rotatable bonds is 8. The maximum atomic E-state index is 13.5. The quantitative estimate of drug-likeness (QED) is 0.175. The molecular formula is C27H22Cl2N3NaO6S. The Morgan fingerprint density at radius 1 is 1.00 bits per heavy atom. The van der Waals surface area contributed by atoms with Crippen molar-refractivity contribution < 1.29 is 57.2 Å². The molecule has 4 aromatic rings. The van der Waals surface area contributed by atoms with E-state index in [1.54, 1.807) is 56.3 Å². The fourth-order valence-corrected chi connectivity index (χ4v) is 5.41. The van der Waals surface area contributed by atoms with Crippen LogP contribution < -0.4 is 44.7 Å². The number of anilines is 1. The Hall–Kier alpha value is -2.70. The first kappa shape index (κ1) is 31.8. The van der Waals surface area contributed by atoms with Crippen LogP contribution >= 0.6 is 23.2 Å². The van der Waals surface area contributed by atoms with Gasteiger partial charge in [-0.05, 0) is 48.6 Å². The third-order valence-corrected chi connectivity index (χ3v) is 7.38. The summed E-state index contributed by atoms with van der Waals surface area (Å²) in [6.07, 6.45) is 0.256. The molecule has 4 rings (SSSR count). The number of carbonyl (C=O) groups is 1. The van der Waals surface area contributed by atoms with Gasteiger partial charge in [0.1, 0.15) is 22.0 Å². The van der Waals surface area contributed by atoms with Crippen molar-refractivity contribution >= 4 is 67.1 Å². The number of hydrogen-bond donors (Lipinski definition) is 2. The second kappa shape index (κ2) is 13.3. The molecule has 9 nitrogen and oxygen atoms in total. The van der Waals surface area contributed by atoms with Crippen LogP contribution in [-0.4, -0.2) is 25.5 Å². The average molecular weight is 610 g/mol. The maximum absolute atomic E-state index is 13.5. The summed E-state index contributed by atoms with van der Waals surface area (Å²) in [6, 6.07) is 15.8. The van der Waals surface area contributed by atoms with Gasteiger partial charge in [-0.25, -0.2) is 0 Å². The smallest absolute Gasteiger partial charge is 0.870 e. The van der Waals surface area contributed by atoms with Crippen LogP contribution in [0.2, 0.25) is 10.0 Å². The third-order valence-electron chi connectivity index (χ3n) is 5.79. The molecule has 0 radical (unpaired) electrons. The van der Waals surface area contributed by atoms with Crippen molar-refractivity contribution in [2.24, 2.45) is 10.2 Å². The Bertz CT molecular complexity index is 1730. The van der Waals surface area contributed by atoms with Gasteiger partial charge in [-0.2, -0.15) is 13.5 Å². The minimum atomic E-state index is -4.73. The number of halogens is 2. The summed E-state index contributed by atoms with van der Waals surface area (Å²) >= 11 is 12.5. The molecule has 4 aromatic carbocycles. The van der Waals surface area contributed by atoms with Crippen LogP contribution in [0.25, 0.3) is 10.8 Å². The van der Waals surface area contributed by atoms with Crippen LogP contribution in [0.5, 0.6) is 11.5 Å². The van der Waals surface area contributed by atoms with Crippen LogP contribution in [0.3, 0.4) is 0 Å². The molecule has 0 aliphatic heterocycles. The summed E-state index contributed by atoms with van der Waals surface area (Å²) < 4.78 is 39.7. The van der Waals surface area contributed by atoms with Crippen LogP contribution in [0.1, 0.15) is 29.8 Å². The Balaban J connectivity index is 0.00000441. The van der Waals surface area contributed by atoms with E-state index in [1.807, 2.05) is 0 Å². The summed E-state index contributed by atoms with van der Waals surface area (Å²) in [6.45, 7) is 3.79. The summed E-state index contributed by atoms with van der Waals surface area (Å²) in [7, 11) is -4.73. The molecule has 13 heteroatoms. The number of carbonyl (C=O) groups excluding carboxylic acids is 1. The number of para-hydroxylation sites is 1. The zero-order valence-electron chi connectivity index (χ0n) is 21.7. The molecule has 0 unspecified atom stereocenters. The van der Waals surface area contributed by atoms with Crippen LogP contribution in [0.15, 0.2) is 75.8 Å². The number of azo groups is 1. The van der Waals surface area contributed by atoms with Crippen molar-refractivity contribution in [3.05, 3.63) is 81.8 Å². The van der Waals surface area contributed by atoms with E-state index < -0.39 is 26.7 Å². The predicted molar refractivity (Wildman–Crippen MR) is 149 cm³/mol. The molecule has 0 saturated carbocycles. The first-order chi connectivity index (χ1) is 18.6. The molecule has 0 bridgehead atoms. The molecule has 40 heavy (non-hydrogen) atoms. The summed E-state index contributed by atoms with van der Waals surface area (Å²) in [4.78, 5) is 12.8. The summed E-state index contributed by atoms with van der Waals surface area (Å²) in [5.41, 5.74) is -0.340. The van der Waals surface area contributed by atoms with E-state index in [0.717, 1.165) is 0 Å². The molecule has 0 atom stereocenters. The van der Waals surface area contributed by atoms with Gasteiger partial charge in [0.25, 0.3) is 16.0 Å². The molecule has 0 spiro atoms. The first-order valence-corrected chi connectivity index (χ1v) is 13.9. The van der Waals surface area contributed by atoms with Crippen molar-refractivity contribution in [2.45, 2.75) is 25.2 Å².